The Morgan fingerprint density at radius 2 is 1.04 bits per heavy atom. The summed E-state index contributed by atoms with van der Waals surface area (Å²) in [4.78, 5) is 0. The Bertz CT molecular complexity index is 314. The average molecular weight is 392 g/mol. The van der Waals surface area contributed by atoms with Crippen molar-refractivity contribution in [2.75, 3.05) is 92.4 Å². The topological polar surface area (TPSA) is 76.6 Å². The van der Waals surface area contributed by atoms with E-state index in [1.54, 1.807) is 0 Å². The van der Waals surface area contributed by atoms with Crippen LogP contribution in [0.3, 0.4) is 0 Å². The first kappa shape index (κ1) is 24.3. The molecule has 0 aliphatic carbocycles. The second-order valence-electron chi connectivity index (χ2n) is 5.92. The van der Waals surface area contributed by atoms with Crippen LogP contribution in [-0.2, 0) is 33.2 Å². The van der Waals surface area contributed by atoms with E-state index in [2.05, 4.69) is 11.9 Å². The number of nitrogens with one attached hydrogen (secondary N) is 1. The summed E-state index contributed by atoms with van der Waals surface area (Å²) < 4.78 is 37.7. The maximum atomic E-state index is 5.76. The minimum atomic E-state index is 0.386. The zero-order chi connectivity index (χ0) is 19.3. The van der Waals surface area contributed by atoms with E-state index in [0.29, 0.717) is 85.4 Å². The molecule has 1 fully saturated rings. The maximum absolute atomic E-state index is 5.76. The van der Waals surface area contributed by atoms with Gasteiger partial charge in [-0.1, -0.05) is 6.58 Å². The van der Waals surface area contributed by atoms with Gasteiger partial charge >= 0.3 is 0 Å². The van der Waals surface area contributed by atoms with Gasteiger partial charge in [0, 0.05) is 0 Å². The molecule has 1 N–H and O–H groups in total. The third-order valence-corrected chi connectivity index (χ3v) is 3.82. The van der Waals surface area contributed by atoms with Crippen LogP contribution in [0.15, 0.2) is 12.8 Å². The molecular formula is C19H37NO7. The van der Waals surface area contributed by atoms with Crippen molar-refractivity contribution in [3.63, 3.8) is 0 Å². The van der Waals surface area contributed by atoms with E-state index >= 15 is 0 Å². The van der Waals surface area contributed by atoms with Crippen LogP contribution < -0.4 is 5.32 Å². The molecular weight excluding hydrogens is 354 g/mol. The molecule has 0 atom stereocenters. The molecule has 8 heteroatoms. The first-order chi connectivity index (χ1) is 13.4. The van der Waals surface area contributed by atoms with Gasteiger partial charge < -0.3 is 38.5 Å². The van der Waals surface area contributed by atoms with E-state index in [9.17, 15) is 0 Å². The number of rotatable bonds is 20. The summed E-state index contributed by atoms with van der Waals surface area (Å²) >= 11 is 0. The molecule has 0 spiro atoms. The van der Waals surface area contributed by atoms with Crippen LogP contribution in [0.2, 0.25) is 0 Å². The number of piperidine rings is 1. The highest BCUT2D eigenvalue weighted by Crippen LogP contribution is 2.06. The molecule has 1 aliphatic rings. The smallest absolute Gasteiger partial charge is 0.111 e. The van der Waals surface area contributed by atoms with Gasteiger partial charge in [-0.15, -0.1) is 0 Å². The van der Waals surface area contributed by atoms with Gasteiger partial charge in [-0.05, 0) is 25.9 Å². The van der Waals surface area contributed by atoms with Crippen LogP contribution >= 0.6 is 0 Å². The number of hydrogen-bond donors (Lipinski definition) is 1. The van der Waals surface area contributed by atoms with Gasteiger partial charge in [0.15, 0.2) is 0 Å². The Morgan fingerprint density at radius 3 is 1.48 bits per heavy atom. The summed E-state index contributed by atoms with van der Waals surface area (Å²) in [5, 5.41) is 3.32. The molecule has 160 valence electrons. The lowest BCUT2D eigenvalue weighted by Crippen LogP contribution is -2.33. The zero-order valence-corrected chi connectivity index (χ0v) is 16.5. The third kappa shape index (κ3) is 17.1. The lowest BCUT2D eigenvalue weighted by molar-refractivity contribution is -0.0300. The highest BCUT2D eigenvalue weighted by Gasteiger charge is 2.12. The fraction of sp³-hybridized carbons (Fsp3) is 0.895. The fourth-order valence-corrected chi connectivity index (χ4v) is 2.41. The van der Waals surface area contributed by atoms with E-state index in [1.807, 2.05) is 0 Å². The number of ether oxygens (including phenoxy) is 7. The van der Waals surface area contributed by atoms with Gasteiger partial charge in [0.05, 0.1) is 85.0 Å². The van der Waals surface area contributed by atoms with Crippen LogP contribution in [0, 0.1) is 0 Å². The standard InChI is InChI=1S/C19H37NO7/c1-2-21-7-8-22-9-10-23-11-12-24-13-14-25-15-16-26-17-18-27-19-3-5-20-6-4-19/h2,19-20H,1,3-18H2. The molecule has 1 aliphatic heterocycles. The summed E-state index contributed by atoms with van der Waals surface area (Å²) in [6.45, 7) is 12.3. The summed E-state index contributed by atoms with van der Waals surface area (Å²) in [6, 6.07) is 0. The molecule has 0 amide bonds. The zero-order valence-electron chi connectivity index (χ0n) is 16.5. The Morgan fingerprint density at radius 1 is 0.630 bits per heavy atom. The second kappa shape index (κ2) is 20.0. The maximum Gasteiger partial charge on any atom is 0.111 e. The molecule has 27 heavy (non-hydrogen) atoms. The Balaban J connectivity index is 1.64. The lowest BCUT2D eigenvalue weighted by atomic mass is 10.1. The van der Waals surface area contributed by atoms with Crippen LogP contribution in [0.25, 0.3) is 0 Å². The van der Waals surface area contributed by atoms with Gasteiger partial charge in [-0.25, -0.2) is 0 Å². The Kier molecular flexibility index (Phi) is 18.0. The molecule has 0 aromatic carbocycles. The quantitative estimate of drug-likeness (QED) is 0.243. The fourth-order valence-electron chi connectivity index (χ4n) is 2.41. The molecule has 0 unspecified atom stereocenters. The minimum Gasteiger partial charge on any atom is -0.499 e. The van der Waals surface area contributed by atoms with Gasteiger partial charge in [0.1, 0.15) is 6.61 Å². The summed E-state index contributed by atoms with van der Waals surface area (Å²) in [5.74, 6) is 0. The van der Waals surface area contributed by atoms with Crippen molar-refractivity contribution < 1.29 is 33.2 Å². The van der Waals surface area contributed by atoms with Gasteiger partial charge in [0.2, 0.25) is 0 Å². The minimum absolute atomic E-state index is 0.386. The first-order valence-electron chi connectivity index (χ1n) is 9.87. The summed E-state index contributed by atoms with van der Waals surface area (Å²) in [7, 11) is 0. The van der Waals surface area contributed by atoms with Crippen molar-refractivity contribution in [1.82, 2.24) is 5.32 Å². The van der Waals surface area contributed by atoms with Gasteiger partial charge in [0.25, 0.3) is 0 Å². The van der Waals surface area contributed by atoms with Crippen LogP contribution in [-0.4, -0.2) is 98.5 Å². The van der Waals surface area contributed by atoms with Crippen molar-refractivity contribution >= 4 is 0 Å². The van der Waals surface area contributed by atoms with Crippen LogP contribution in [0.5, 0.6) is 0 Å². The van der Waals surface area contributed by atoms with E-state index in [4.69, 9.17) is 33.2 Å². The van der Waals surface area contributed by atoms with E-state index in [0.717, 1.165) is 25.9 Å². The van der Waals surface area contributed by atoms with Crippen molar-refractivity contribution in [2.45, 2.75) is 18.9 Å². The predicted molar refractivity (Wildman–Crippen MR) is 102 cm³/mol. The molecule has 8 nitrogen and oxygen atoms in total. The van der Waals surface area contributed by atoms with Crippen molar-refractivity contribution in [1.29, 1.82) is 0 Å². The van der Waals surface area contributed by atoms with Crippen molar-refractivity contribution in [3.8, 4) is 0 Å². The largest absolute Gasteiger partial charge is 0.499 e. The monoisotopic (exact) mass is 391 g/mol. The molecule has 1 saturated heterocycles. The molecule has 0 bridgehead atoms. The van der Waals surface area contributed by atoms with Crippen molar-refractivity contribution in [2.24, 2.45) is 0 Å². The Labute approximate surface area is 163 Å². The Hall–Kier alpha value is -0.740. The third-order valence-electron chi connectivity index (χ3n) is 3.82. The molecule has 0 aromatic heterocycles. The first-order valence-corrected chi connectivity index (χ1v) is 9.87. The molecule has 1 rings (SSSR count). The summed E-state index contributed by atoms with van der Waals surface area (Å²) in [5.41, 5.74) is 0. The van der Waals surface area contributed by atoms with Crippen LogP contribution in [0.1, 0.15) is 12.8 Å². The average Bonchev–Trinajstić information content (AvgIpc) is 2.70. The van der Waals surface area contributed by atoms with Crippen LogP contribution in [0.4, 0.5) is 0 Å². The highest BCUT2D eigenvalue weighted by atomic mass is 16.6. The lowest BCUT2D eigenvalue weighted by Gasteiger charge is -2.22. The molecule has 1 heterocycles. The molecule has 0 saturated carbocycles. The van der Waals surface area contributed by atoms with Crippen molar-refractivity contribution in [3.05, 3.63) is 12.8 Å². The highest BCUT2D eigenvalue weighted by molar-refractivity contribution is 4.67. The second-order valence-corrected chi connectivity index (χ2v) is 5.92. The van der Waals surface area contributed by atoms with E-state index in [-0.39, 0.29) is 0 Å². The molecule has 0 radical (unpaired) electrons. The van der Waals surface area contributed by atoms with Gasteiger partial charge in [-0.3, -0.25) is 0 Å². The van der Waals surface area contributed by atoms with E-state index < -0.39 is 0 Å². The van der Waals surface area contributed by atoms with E-state index in [1.165, 1.54) is 6.26 Å². The molecule has 0 aromatic rings. The SMILES string of the molecule is C=COCCOCCOCCOCCOCCOCCOC1CCNCC1. The number of hydrogen-bond acceptors (Lipinski definition) is 8. The summed E-state index contributed by atoms with van der Waals surface area (Å²) in [6.07, 6.45) is 3.97. The van der Waals surface area contributed by atoms with Gasteiger partial charge in [-0.2, -0.15) is 0 Å². The normalized spacial score (nSPS) is 15.1. The predicted octanol–water partition coefficient (Wildman–Crippen LogP) is 0.998.